The molecule has 0 fully saturated rings. The van der Waals surface area contributed by atoms with Gasteiger partial charge in [-0.25, -0.2) is 4.98 Å². The molecule has 0 saturated heterocycles. The van der Waals surface area contributed by atoms with E-state index in [0.717, 1.165) is 15.3 Å². The topological polar surface area (TPSA) is 65.5 Å². The number of fused-ring (bicyclic) bond motifs is 3. The van der Waals surface area contributed by atoms with Gasteiger partial charge in [-0.1, -0.05) is 4.63 Å². The third-order valence-electron chi connectivity index (χ3n) is 3.05. The Morgan fingerprint density at radius 3 is 3.00 bits per heavy atom. The van der Waals surface area contributed by atoms with E-state index in [4.69, 9.17) is 0 Å². The fraction of sp³-hybridized carbons (Fsp3) is 0.0769. The summed E-state index contributed by atoms with van der Waals surface area (Å²) in [5.41, 5.74) is 2.32. The van der Waals surface area contributed by atoms with Crippen molar-refractivity contribution in [2.45, 2.75) is 6.92 Å². The van der Waals surface area contributed by atoms with Crippen LogP contribution in [0.1, 0.15) is 16.6 Å². The van der Waals surface area contributed by atoms with Crippen molar-refractivity contribution in [1.82, 2.24) is 19.6 Å². The van der Waals surface area contributed by atoms with Gasteiger partial charge in [0.05, 0.1) is 10.4 Å². The number of hydrogen-bond donors (Lipinski definition) is 0. The summed E-state index contributed by atoms with van der Waals surface area (Å²) in [6, 6.07) is 3.80. The van der Waals surface area contributed by atoms with Gasteiger partial charge in [0.2, 0.25) is 6.20 Å². The van der Waals surface area contributed by atoms with Crippen molar-refractivity contribution in [1.29, 1.82) is 0 Å². The van der Waals surface area contributed by atoms with Crippen molar-refractivity contribution >= 4 is 28.4 Å². The van der Waals surface area contributed by atoms with E-state index in [1.807, 2.05) is 29.0 Å². The minimum atomic E-state index is 0.0848. The first-order valence-electron chi connectivity index (χ1n) is 6.01. The minimum Gasteiger partial charge on any atom is -0.361 e. The van der Waals surface area contributed by atoms with Gasteiger partial charge >= 0.3 is 0 Å². The molecule has 6 nitrogen and oxygen atoms in total. The molecule has 0 aliphatic heterocycles. The number of ketones is 1. The first kappa shape index (κ1) is 11.3. The molecule has 4 heterocycles. The summed E-state index contributed by atoms with van der Waals surface area (Å²) in [4.78, 5) is 21.6. The first-order chi connectivity index (χ1) is 9.72. The number of hydrogen-bond acceptors (Lipinski definition) is 4. The largest absolute Gasteiger partial charge is 0.361 e. The van der Waals surface area contributed by atoms with Gasteiger partial charge in [-0.05, 0) is 25.3 Å². The summed E-state index contributed by atoms with van der Waals surface area (Å²) in [5.74, 6) is 0.0848. The van der Waals surface area contributed by atoms with Crippen LogP contribution in [0.15, 0.2) is 36.9 Å². The third-order valence-corrected chi connectivity index (χ3v) is 4.28. The molecule has 0 saturated carbocycles. The lowest BCUT2D eigenvalue weighted by Crippen LogP contribution is -2.28. The van der Waals surface area contributed by atoms with E-state index >= 15 is 0 Å². The van der Waals surface area contributed by atoms with Crippen molar-refractivity contribution in [3.05, 3.63) is 41.8 Å². The number of thiophene rings is 1. The Morgan fingerprint density at radius 1 is 1.35 bits per heavy atom. The molecule has 0 amide bonds. The molecule has 0 bridgehead atoms. The fourth-order valence-corrected chi connectivity index (χ4v) is 2.98. The zero-order valence-corrected chi connectivity index (χ0v) is 11.3. The molecule has 0 aromatic carbocycles. The second-order valence-corrected chi connectivity index (χ2v) is 5.49. The van der Waals surface area contributed by atoms with Crippen LogP contribution in [-0.4, -0.2) is 20.3 Å². The number of carbonyl (C=O) groups is 1. The van der Waals surface area contributed by atoms with Crippen LogP contribution >= 0.6 is 11.3 Å². The lowest BCUT2D eigenvalue weighted by atomic mass is 10.3. The van der Waals surface area contributed by atoms with Gasteiger partial charge in [0.1, 0.15) is 5.65 Å². The van der Waals surface area contributed by atoms with E-state index in [9.17, 15) is 4.79 Å². The van der Waals surface area contributed by atoms with Crippen LogP contribution in [0.4, 0.5) is 0 Å². The quantitative estimate of drug-likeness (QED) is 0.411. The summed E-state index contributed by atoms with van der Waals surface area (Å²) in [5, 5.41) is 4.35. The van der Waals surface area contributed by atoms with Gasteiger partial charge in [0.15, 0.2) is 11.4 Å². The van der Waals surface area contributed by atoms with E-state index < -0.39 is 0 Å². The van der Waals surface area contributed by atoms with Crippen molar-refractivity contribution in [2.75, 3.05) is 0 Å². The normalized spacial score (nSPS) is 11.4. The predicted molar refractivity (Wildman–Crippen MR) is 72.8 cm³/mol. The van der Waals surface area contributed by atoms with E-state index in [2.05, 4.69) is 15.1 Å². The van der Waals surface area contributed by atoms with E-state index in [0.29, 0.717) is 11.3 Å². The number of Topliss-reactive ketones (excluding diaryl/α,β-unsaturated/α-hetero) is 1. The second-order valence-electron chi connectivity index (χ2n) is 4.40. The van der Waals surface area contributed by atoms with Crippen LogP contribution < -0.4 is 9.73 Å². The highest BCUT2D eigenvalue weighted by atomic mass is 32.1. The van der Waals surface area contributed by atoms with Gasteiger partial charge < -0.3 is 4.98 Å². The van der Waals surface area contributed by atoms with E-state index in [-0.39, 0.29) is 5.78 Å². The van der Waals surface area contributed by atoms with Gasteiger partial charge in [0, 0.05) is 17.3 Å². The number of rotatable bonds is 2. The number of nitrogens with zero attached hydrogens (tertiary/aromatic N) is 5. The van der Waals surface area contributed by atoms with Crippen LogP contribution in [0, 0.1) is 0 Å². The van der Waals surface area contributed by atoms with Crippen LogP contribution in [-0.2, 0) is 0 Å². The fourth-order valence-electron chi connectivity index (χ4n) is 2.11. The predicted octanol–water partition coefficient (Wildman–Crippen LogP) is 1.36. The van der Waals surface area contributed by atoms with E-state index in [1.165, 1.54) is 11.3 Å². The highest BCUT2D eigenvalue weighted by Crippen LogP contribution is 2.27. The zero-order valence-electron chi connectivity index (χ0n) is 10.5. The zero-order chi connectivity index (χ0) is 13.7. The van der Waals surface area contributed by atoms with Gasteiger partial charge in [-0.3, -0.25) is 4.79 Å². The maximum Gasteiger partial charge on any atom is 0.212 e. The molecule has 0 aliphatic rings. The van der Waals surface area contributed by atoms with Crippen LogP contribution in [0.5, 0.6) is 0 Å². The molecule has 4 aromatic rings. The monoisotopic (exact) mass is 283 g/mol. The Hall–Kier alpha value is -2.54. The summed E-state index contributed by atoms with van der Waals surface area (Å²) >= 11 is 1.48. The standard InChI is InChI=1S/C13H9N5OS/c1-8(19)10-2-3-11(20-10)9-6-17-13-12(14-4-5-15-13)16-18(17)7-9/h2-7H,1H3. The molecule has 0 aliphatic carbocycles. The smallest absolute Gasteiger partial charge is 0.212 e. The molecule has 0 spiro atoms. The molecule has 4 aromatic heterocycles. The molecular formula is C13H9N5OS. The Bertz CT molecular complexity index is 948. The maximum absolute atomic E-state index is 11.4. The lowest BCUT2D eigenvalue weighted by Gasteiger charge is -1.89. The summed E-state index contributed by atoms with van der Waals surface area (Å²) in [6.07, 6.45) is 7.11. The highest BCUT2D eigenvalue weighted by Gasteiger charge is 2.13. The minimum absolute atomic E-state index is 0.0848. The molecular weight excluding hydrogens is 274 g/mol. The first-order valence-corrected chi connectivity index (χ1v) is 6.83. The van der Waals surface area contributed by atoms with Crippen molar-refractivity contribution in [2.24, 2.45) is 0 Å². The second kappa shape index (κ2) is 3.97. The Kier molecular flexibility index (Phi) is 2.25. The van der Waals surface area contributed by atoms with Crippen molar-refractivity contribution < 1.29 is 9.42 Å². The Morgan fingerprint density at radius 2 is 2.20 bits per heavy atom. The summed E-state index contributed by atoms with van der Waals surface area (Å²) in [6.45, 7) is 1.57. The van der Waals surface area contributed by atoms with Gasteiger partial charge in [0.25, 0.3) is 0 Å². The highest BCUT2D eigenvalue weighted by molar-refractivity contribution is 7.17. The van der Waals surface area contributed by atoms with Gasteiger partial charge in [-0.15, -0.1) is 16.4 Å². The van der Waals surface area contributed by atoms with Crippen molar-refractivity contribution in [3.8, 4) is 10.4 Å². The molecule has 0 unspecified atom stereocenters. The molecule has 4 rings (SSSR count). The molecule has 0 N–H and O–H groups in total. The van der Waals surface area contributed by atoms with Gasteiger partial charge in [-0.2, -0.15) is 4.52 Å². The number of aromatic nitrogens is 5. The number of carbonyl (C=O) groups excluding carboxylic acids is 1. The van der Waals surface area contributed by atoms with Crippen LogP contribution in [0.3, 0.4) is 0 Å². The molecule has 98 valence electrons. The van der Waals surface area contributed by atoms with Crippen LogP contribution in [0.2, 0.25) is 0 Å². The maximum atomic E-state index is 11.4. The Labute approximate surface area is 117 Å². The molecule has 0 atom stereocenters. The molecule has 7 heteroatoms. The molecule has 20 heavy (non-hydrogen) atoms. The Balaban J connectivity index is 1.89. The van der Waals surface area contributed by atoms with E-state index in [1.54, 1.807) is 23.9 Å². The summed E-state index contributed by atoms with van der Waals surface area (Å²) in [7, 11) is 0. The SMILES string of the molecule is CC(=O)c1ccc(-c2cn3c4nccnc4[n-][n+]3c2)s1. The lowest BCUT2D eigenvalue weighted by molar-refractivity contribution is -0.674. The van der Waals surface area contributed by atoms with Crippen molar-refractivity contribution in [3.63, 3.8) is 0 Å². The van der Waals surface area contributed by atoms with Crippen LogP contribution in [0.25, 0.3) is 21.7 Å². The summed E-state index contributed by atoms with van der Waals surface area (Å²) < 4.78 is 3.54. The average Bonchev–Trinajstić information content (AvgIpc) is 3.11. The third kappa shape index (κ3) is 1.56. The average molecular weight is 283 g/mol. The molecule has 0 radical (unpaired) electrons.